The smallest absolute Gasteiger partial charge is 0.223 e. The minimum Gasteiger partial charge on any atom is -0.369 e. The molecule has 2 heterocycles. The zero-order valence-corrected chi connectivity index (χ0v) is 7.21. The van der Waals surface area contributed by atoms with E-state index in [1.54, 1.807) is 12.3 Å². The standard InChI is InChI=1S/C8H7N5O/c9-7(14)2-6-1-5-3-10-4-11-8(5)13-12-6/h1,3-4H,2H2,(H2,9,14). The van der Waals surface area contributed by atoms with E-state index in [-0.39, 0.29) is 6.42 Å². The molecule has 2 rings (SSSR count). The van der Waals surface area contributed by atoms with Crippen LogP contribution >= 0.6 is 0 Å². The highest BCUT2D eigenvalue weighted by Gasteiger charge is 2.03. The van der Waals surface area contributed by atoms with Gasteiger partial charge in [0.2, 0.25) is 5.91 Å². The van der Waals surface area contributed by atoms with E-state index in [9.17, 15) is 4.79 Å². The van der Waals surface area contributed by atoms with Gasteiger partial charge in [-0.15, -0.1) is 5.10 Å². The van der Waals surface area contributed by atoms with Crippen LogP contribution in [-0.2, 0) is 11.2 Å². The van der Waals surface area contributed by atoms with E-state index in [1.165, 1.54) is 6.33 Å². The third-order valence-corrected chi connectivity index (χ3v) is 1.67. The maximum Gasteiger partial charge on any atom is 0.223 e. The fourth-order valence-corrected chi connectivity index (χ4v) is 1.10. The Morgan fingerprint density at radius 1 is 1.43 bits per heavy atom. The Kier molecular flexibility index (Phi) is 2.02. The van der Waals surface area contributed by atoms with Crippen molar-refractivity contribution < 1.29 is 4.79 Å². The molecule has 70 valence electrons. The van der Waals surface area contributed by atoms with Crippen molar-refractivity contribution in [2.24, 2.45) is 5.73 Å². The summed E-state index contributed by atoms with van der Waals surface area (Å²) in [6.07, 6.45) is 3.09. The molecule has 0 saturated carbocycles. The van der Waals surface area contributed by atoms with Gasteiger partial charge in [0.05, 0.1) is 12.1 Å². The summed E-state index contributed by atoms with van der Waals surface area (Å²) in [5.41, 5.74) is 6.07. The van der Waals surface area contributed by atoms with Crippen LogP contribution in [0.2, 0.25) is 0 Å². The third kappa shape index (κ3) is 1.63. The van der Waals surface area contributed by atoms with Crippen molar-refractivity contribution in [3.05, 3.63) is 24.3 Å². The number of primary amides is 1. The van der Waals surface area contributed by atoms with Crippen molar-refractivity contribution in [3.8, 4) is 0 Å². The average Bonchev–Trinajstić information content (AvgIpc) is 2.17. The van der Waals surface area contributed by atoms with E-state index in [4.69, 9.17) is 5.73 Å². The summed E-state index contributed by atoms with van der Waals surface area (Å²) in [6, 6.07) is 1.70. The molecule has 1 amide bonds. The van der Waals surface area contributed by atoms with Crippen LogP contribution < -0.4 is 5.73 Å². The summed E-state index contributed by atoms with van der Waals surface area (Å²) >= 11 is 0. The van der Waals surface area contributed by atoms with Crippen molar-refractivity contribution in [1.29, 1.82) is 0 Å². The Morgan fingerprint density at radius 3 is 3.07 bits per heavy atom. The first-order valence-corrected chi connectivity index (χ1v) is 3.96. The Bertz CT molecular complexity index is 484. The number of nitrogens with zero attached hydrogens (tertiary/aromatic N) is 4. The summed E-state index contributed by atoms with van der Waals surface area (Å²) in [5, 5.41) is 8.38. The van der Waals surface area contributed by atoms with Crippen molar-refractivity contribution in [1.82, 2.24) is 20.2 Å². The Balaban J connectivity index is 2.46. The van der Waals surface area contributed by atoms with Gasteiger partial charge in [0, 0.05) is 11.6 Å². The zero-order valence-electron chi connectivity index (χ0n) is 7.21. The van der Waals surface area contributed by atoms with Crippen LogP contribution in [0, 0.1) is 0 Å². The average molecular weight is 189 g/mol. The summed E-state index contributed by atoms with van der Waals surface area (Å²) < 4.78 is 0. The summed E-state index contributed by atoms with van der Waals surface area (Å²) in [6.45, 7) is 0. The minimum atomic E-state index is -0.435. The number of nitrogens with two attached hydrogens (primary N) is 1. The number of rotatable bonds is 2. The molecule has 0 aliphatic heterocycles. The van der Waals surface area contributed by atoms with Gasteiger partial charge in [-0.2, -0.15) is 5.10 Å². The highest BCUT2D eigenvalue weighted by molar-refractivity contribution is 5.78. The number of carbonyl (C=O) groups excluding carboxylic acids is 1. The molecule has 0 aliphatic rings. The molecule has 0 radical (unpaired) electrons. The van der Waals surface area contributed by atoms with Crippen LogP contribution in [-0.4, -0.2) is 26.1 Å². The Morgan fingerprint density at radius 2 is 2.29 bits per heavy atom. The zero-order chi connectivity index (χ0) is 9.97. The molecule has 0 saturated heterocycles. The van der Waals surface area contributed by atoms with Crippen molar-refractivity contribution in [3.63, 3.8) is 0 Å². The van der Waals surface area contributed by atoms with E-state index in [0.717, 1.165) is 5.39 Å². The lowest BCUT2D eigenvalue weighted by Gasteiger charge is -1.97. The van der Waals surface area contributed by atoms with E-state index >= 15 is 0 Å². The second-order valence-corrected chi connectivity index (χ2v) is 2.78. The molecule has 2 N–H and O–H groups in total. The first-order chi connectivity index (χ1) is 6.75. The number of fused-ring (bicyclic) bond motifs is 1. The maximum atomic E-state index is 10.6. The summed E-state index contributed by atoms with van der Waals surface area (Å²) in [5.74, 6) is -0.435. The predicted molar refractivity (Wildman–Crippen MR) is 48.0 cm³/mol. The fourth-order valence-electron chi connectivity index (χ4n) is 1.10. The third-order valence-electron chi connectivity index (χ3n) is 1.67. The number of hydrogen-bond donors (Lipinski definition) is 1. The molecule has 2 aromatic rings. The first-order valence-electron chi connectivity index (χ1n) is 3.96. The molecule has 0 aromatic carbocycles. The number of carbonyl (C=O) groups is 1. The summed E-state index contributed by atoms with van der Waals surface area (Å²) in [4.78, 5) is 18.4. The lowest BCUT2D eigenvalue weighted by Crippen LogP contribution is -2.14. The van der Waals surface area contributed by atoms with Crippen LogP contribution in [0.4, 0.5) is 0 Å². The van der Waals surface area contributed by atoms with Crippen molar-refractivity contribution in [2.45, 2.75) is 6.42 Å². The predicted octanol–water partition coefficient (Wildman–Crippen LogP) is -0.552. The minimum absolute atomic E-state index is 0.0812. The number of aromatic nitrogens is 4. The molecule has 2 aromatic heterocycles. The lowest BCUT2D eigenvalue weighted by atomic mass is 10.2. The van der Waals surface area contributed by atoms with Crippen LogP contribution in [0.25, 0.3) is 11.0 Å². The Hall–Kier alpha value is -2.11. The van der Waals surface area contributed by atoms with E-state index < -0.39 is 5.91 Å². The monoisotopic (exact) mass is 189 g/mol. The largest absolute Gasteiger partial charge is 0.369 e. The van der Waals surface area contributed by atoms with Gasteiger partial charge >= 0.3 is 0 Å². The van der Waals surface area contributed by atoms with Gasteiger partial charge in [0.1, 0.15) is 6.33 Å². The number of amides is 1. The quantitative estimate of drug-likeness (QED) is 0.683. The molecular weight excluding hydrogens is 182 g/mol. The fraction of sp³-hybridized carbons (Fsp3) is 0.125. The molecule has 0 aliphatic carbocycles. The van der Waals surface area contributed by atoms with E-state index in [2.05, 4.69) is 20.2 Å². The Labute approximate surface area is 79.2 Å². The molecule has 0 unspecified atom stereocenters. The van der Waals surface area contributed by atoms with Gasteiger partial charge in [0.15, 0.2) is 5.65 Å². The van der Waals surface area contributed by atoms with Crippen LogP contribution in [0.5, 0.6) is 0 Å². The molecular formula is C8H7N5O. The van der Waals surface area contributed by atoms with Crippen LogP contribution in [0.15, 0.2) is 18.6 Å². The highest BCUT2D eigenvalue weighted by atomic mass is 16.1. The van der Waals surface area contributed by atoms with Gasteiger partial charge in [0.25, 0.3) is 0 Å². The van der Waals surface area contributed by atoms with Gasteiger partial charge in [-0.05, 0) is 6.07 Å². The van der Waals surface area contributed by atoms with Crippen LogP contribution in [0.1, 0.15) is 5.69 Å². The van der Waals surface area contributed by atoms with Crippen LogP contribution in [0.3, 0.4) is 0 Å². The molecule has 0 spiro atoms. The first kappa shape index (κ1) is 8.49. The second-order valence-electron chi connectivity index (χ2n) is 2.78. The molecule has 0 bridgehead atoms. The van der Waals surface area contributed by atoms with Gasteiger partial charge in [-0.25, -0.2) is 9.97 Å². The van der Waals surface area contributed by atoms with Crippen molar-refractivity contribution in [2.75, 3.05) is 0 Å². The second kappa shape index (κ2) is 3.33. The van der Waals surface area contributed by atoms with Gasteiger partial charge in [-0.1, -0.05) is 0 Å². The van der Waals surface area contributed by atoms with E-state index in [1.807, 2.05) is 0 Å². The topological polar surface area (TPSA) is 94.7 Å². The van der Waals surface area contributed by atoms with Crippen molar-refractivity contribution >= 4 is 16.9 Å². The lowest BCUT2D eigenvalue weighted by molar-refractivity contribution is -0.117. The van der Waals surface area contributed by atoms with Gasteiger partial charge in [-0.3, -0.25) is 4.79 Å². The highest BCUT2D eigenvalue weighted by Crippen LogP contribution is 2.06. The molecule has 14 heavy (non-hydrogen) atoms. The SMILES string of the molecule is NC(=O)Cc1cc2cncnc2nn1. The van der Waals surface area contributed by atoms with Gasteiger partial charge < -0.3 is 5.73 Å². The molecule has 6 heteroatoms. The number of hydrogen-bond acceptors (Lipinski definition) is 5. The molecule has 0 atom stereocenters. The normalized spacial score (nSPS) is 10.3. The molecule has 0 fully saturated rings. The maximum absolute atomic E-state index is 10.6. The summed E-state index contributed by atoms with van der Waals surface area (Å²) in [7, 11) is 0. The molecule has 6 nitrogen and oxygen atoms in total. The van der Waals surface area contributed by atoms with E-state index in [0.29, 0.717) is 11.3 Å².